The van der Waals surface area contributed by atoms with Crippen LogP contribution in [-0.4, -0.2) is 18.4 Å². The van der Waals surface area contributed by atoms with Crippen molar-refractivity contribution in [3.8, 4) is 5.75 Å². The van der Waals surface area contributed by atoms with E-state index >= 15 is 0 Å². The van der Waals surface area contributed by atoms with E-state index in [1.54, 1.807) is 30.3 Å². The number of anilines is 1. The lowest BCUT2D eigenvalue weighted by Crippen LogP contribution is -2.38. The second-order valence-corrected chi connectivity index (χ2v) is 8.08. The van der Waals surface area contributed by atoms with Crippen molar-refractivity contribution in [2.75, 3.05) is 11.9 Å². The molecule has 5 nitrogen and oxygen atoms in total. The Morgan fingerprint density at radius 3 is 2.61 bits per heavy atom. The summed E-state index contributed by atoms with van der Waals surface area (Å²) in [6.07, 6.45) is 0.545. The lowest BCUT2D eigenvalue weighted by Gasteiger charge is -2.26. The van der Waals surface area contributed by atoms with Crippen LogP contribution in [0.25, 0.3) is 0 Å². The standard InChI is InChI=1S/C25H23ClN2O3/c1-16(17-6-3-2-4-7-17)27-25(30)20-12-19-14-22(10-11-23(19)31-15-20)28-24(29)18-8-5-9-21(26)13-18/h2-11,13-14,16,20H,12,15H2,1H3,(H,27,30)(H,28,29). The topological polar surface area (TPSA) is 67.4 Å². The molecule has 1 aliphatic heterocycles. The number of carbonyl (C=O) groups excluding carboxylic acids is 2. The van der Waals surface area contributed by atoms with Gasteiger partial charge in [0.15, 0.2) is 0 Å². The maximum atomic E-state index is 12.8. The lowest BCUT2D eigenvalue weighted by molar-refractivity contribution is -0.126. The predicted octanol–water partition coefficient (Wildman–Crippen LogP) is 5.02. The number of hydrogen-bond donors (Lipinski definition) is 2. The van der Waals surface area contributed by atoms with Crippen molar-refractivity contribution >= 4 is 29.1 Å². The van der Waals surface area contributed by atoms with E-state index in [4.69, 9.17) is 16.3 Å². The molecule has 0 bridgehead atoms. The van der Waals surface area contributed by atoms with Gasteiger partial charge < -0.3 is 15.4 Å². The van der Waals surface area contributed by atoms with Gasteiger partial charge in [-0.2, -0.15) is 0 Å². The molecule has 0 spiro atoms. The summed E-state index contributed by atoms with van der Waals surface area (Å²) in [5, 5.41) is 6.45. The molecule has 0 radical (unpaired) electrons. The summed E-state index contributed by atoms with van der Waals surface area (Å²) in [7, 11) is 0. The zero-order valence-electron chi connectivity index (χ0n) is 17.1. The van der Waals surface area contributed by atoms with Crippen molar-refractivity contribution in [3.63, 3.8) is 0 Å². The number of carbonyl (C=O) groups is 2. The van der Waals surface area contributed by atoms with E-state index in [9.17, 15) is 9.59 Å². The molecule has 2 amide bonds. The second-order valence-electron chi connectivity index (χ2n) is 7.64. The van der Waals surface area contributed by atoms with Gasteiger partial charge in [-0.3, -0.25) is 9.59 Å². The Morgan fingerprint density at radius 2 is 1.84 bits per heavy atom. The van der Waals surface area contributed by atoms with Gasteiger partial charge in [0.05, 0.1) is 12.0 Å². The van der Waals surface area contributed by atoms with Crippen LogP contribution < -0.4 is 15.4 Å². The molecule has 0 aliphatic carbocycles. The van der Waals surface area contributed by atoms with Crippen molar-refractivity contribution < 1.29 is 14.3 Å². The third-order valence-electron chi connectivity index (χ3n) is 5.34. The maximum absolute atomic E-state index is 12.8. The Kier molecular flexibility index (Phi) is 6.23. The minimum absolute atomic E-state index is 0.0460. The Morgan fingerprint density at radius 1 is 1.03 bits per heavy atom. The van der Waals surface area contributed by atoms with Crippen LogP contribution >= 0.6 is 11.6 Å². The Labute approximate surface area is 186 Å². The fraction of sp³-hybridized carbons (Fsp3) is 0.200. The van der Waals surface area contributed by atoms with Crippen molar-refractivity contribution in [2.45, 2.75) is 19.4 Å². The highest BCUT2D eigenvalue weighted by molar-refractivity contribution is 6.31. The van der Waals surface area contributed by atoms with Crippen molar-refractivity contribution in [1.29, 1.82) is 0 Å². The minimum atomic E-state index is -0.294. The summed E-state index contributed by atoms with van der Waals surface area (Å²) in [5.41, 5.74) is 3.07. The number of rotatable bonds is 5. The molecule has 0 saturated heterocycles. The minimum Gasteiger partial charge on any atom is -0.492 e. The maximum Gasteiger partial charge on any atom is 0.255 e. The number of nitrogens with one attached hydrogen (secondary N) is 2. The largest absolute Gasteiger partial charge is 0.492 e. The van der Waals surface area contributed by atoms with Crippen molar-refractivity contribution in [3.05, 3.63) is 94.5 Å². The molecule has 0 fully saturated rings. The van der Waals surface area contributed by atoms with Crippen LogP contribution in [0.3, 0.4) is 0 Å². The molecular weight excluding hydrogens is 412 g/mol. The average molecular weight is 435 g/mol. The molecule has 3 aromatic carbocycles. The van der Waals surface area contributed by atoms with E-state index in [0.717, 1.165) is 16.9 Å². The number of amides is 2. The third-order valence-corrected chi connectivity index (χ3v) is 5.58. The number of fused-ring (bicyclic) bond motifs is 1. The van der Waals surface area contributed by atoms with E-state index in [1.807, 2.05) is 49.4 Å². The van der Waals surface area contributed by atoms with Gasteiger partial charge in [0.2, 0.25) is 5.91 Å². The molecule has 1 aliphatic rings. The van der Waals surface area contributed by atoms with E-state index in [2.05, 4.69) is 10.6 Å². The van der Waals surface area contributed by atoms with Gasteiger partial charge >= 0.3 is 0 Å². The van der Waals surface area contributed by atoms with Gasteiger partial charge in [0, 0.05) is 16.3 Å². The first-order valence-corrected chi connectivity index (χ1v) is 10.6. The summed E-state index contributed by atoms with van der Waals surface area (Å²) in [4.78, 5) is 25.3. The van der Waals surface area contributed by atoms with E-state index in [1.165, 1.54) is 0 Å². The molecule has 1 heterocycles. The molecular formula is C25H23ClN2O3. The zero-order chi connectivity index (χ0) is 21.8. The number of halogens is 1. The molecule has 0 aromatic heterocycles. The first-order valence-electron chi connectivity index (χ1n) is 10.2. The molecule has 158 valence electrons. The van der Waals surface area contributed by atoms with Crippen LogP contribution in [0.15, 0.2) is 72.8 Å². The predicted molar refractivity (Wildman–Crippen MR) is 122 cm³/mol. The van der Waals surface area contributed by atoms with E-state index in [0.29, 0.717) is 29.3 Å². The van der Waals surface area contributed by atoms with Crippen molar-refractivity contribution in [2.24, 2.45) is 5.92 Å². The molecule has 3 aromatic rings. The van der Waals surface area contributed by atoms with Crippen LogP contribution in [0.5, 0.6) is 5.75 Å². The zero-order valence-corrected chi connectivity index (χ0v) is 17.9. The number of ether oxygens (including phenoxy) is 1. The van der Waals surface area contributed by atoms with Crippen LogP contribution in [-0.2, 0) is 11.2 Å². The molecule has 4 rings (SSSR count). The molecule has 31 heavy (non-hydrogen) atoms. The highest BCUT2D eigenvalue weighted by atomic mass is 35.5. The van der Waals surface area contributed by atoms with Crippen LogP contribution in [0, 0.1) is 5.92 Å². The third kappa shape index (κ3) is 5.06. The smallest absolute Gasteiger partial charge is 0.255 e. The molecule has 2 N–H and O–H groups in total. The van der Waals surface area contributed by atoms with E-state index < -0.39 is 0 Å². The molecule has 6 heteroatoms. The van der Waals surface area contributed by atoms with Gasteiger partial charge in [0.1, 0.15) is 12.4 Å². The van der Waals surface area contributed by atoms with Crippen LogP contribution in [0.4, 0.5) is 5.69 Å². The summed E-state index contributed by atoms with van der Waals surface area (Å²) in [6.45, 7) is 2.29. The quantitative estimate of drug-likeness (QED) is 0.592. The fourth-order valence-electron chi connectivity index (χ4n) is 3.63. The average Bonchev–Trinajstić information content (AvgIpc) is 2.79. The SMILES string of the molecule is CC(NC(=O)C1COc2ccc(NC(=O)c3cccc(Cl)c3)cc2C1)c1ccccc1. The van der Waals surface area contributed by atoms with Gasteiger partial charge in [-0.1, -0.05) is 48.0 Å². The highest BCUT2D eigenvalue weighted by Gasteiger charge is 2.27. The molecule has 2 atom stereocenters. The Hall–Kier alpha value is -3.31. The van der Waals surface area contributed by atoms with E-state index in [-0.39, 0.29) is 23.8 Å². The van der Waals surface area contributed by atoms with Crippen LogP contribution in [0.2, 0.25) is 5.02 Å². The van der Waals surface area contributed by atoms with Gasteiger partial charge in [-0.15, -0.1) is 0 Å². The fourth-order valence-corrected chi connectivity index (χ4v) is 3.82. The summed E-state index contributed by atoms with van der Waals surface area (Å²) in [6, 6.07) is 22.0. The highest BCUT2D eigenvalue weighted by Crippen LogP contribution is 2.30. The molecule has 2 unspecified atom stereocenters. The lowest BCUT2D eigenvalue weighted by atomic mass is 9.95. The van der Waals surface area contributed by atoms with Gasteiger partial charge in [-0.25, -0.2) is 0 Å². The van der Waals surface area contributed by atoms with Gasteiger partial charge in [0.25, 0.3) is 5.91 Å². The molecule has 0 saturated carbocycles. The first-order chi connectivity index (χ1) is 15.0. The number of hydrogen-bond acceptors (Lipinski definition) is 3. The van der Waals surface area contributed by atoms with Gasteiger partial charge in [-0.05, 0) is 60.9 Å². The van der Waals surface area contributed by atoms with Crippen molar-refractivity contribution in [1.82, 2.24) is 5.32 Å². The monoisotopic (exact) mass is 434 g/mol. The van der Waals surface area contributed by atoms with Crippen LogP contribution in [0.1, 0.15) is 34.5 Å². The normalized spacial score (nSPS) is 15.9. The first kappa shape index (κ1) is 20.9. The number of benzene rings is 3. The Bertz CT molecular complexity index is 1100. The Balaban J connectivity index is 1.42. The second kappa shape index (κ2) is 9.23. The summed E-state index contributed by atoms with van der Waals surface area (Å²) >= 11 is 5.97. The summed E-state index contributed by atoms with van der Waals surface area (Å²) in [5.74, 6) is 0.152. The summed E-state index contributed by atoms with van der Waals surface area (Å²) < 4.78 is 5.81.